The molecule has 0 radical (unpaired) electrons. The SMILES string of the molecule is CNC(c1ccoc1)C1CC(C)(C)OC1(C)C. The van der Waals surface area contributed by atoms with E-state index < -0.39 is 0 Å². The maximum absolute atomic E-state index is 6.16. The van der Waals surface area contributed by atoms with Crippen molar-refractivity contribution in [3.8, 4) is 0 Å². The van der Waals surface area contributed by atoms with Gasteiger partial charge < -0.3 is 14.5 Å². The Kier molecular flexibility index (Phi) is 3.08. The van der Waals surface area contributed by atoms with Crippen LogP contribution in [0.25, 0.3) is 0 Å². The van der Waals surface area contributed by atoms with E-state index in [9.17, 15) is 0 Å². The molecule has 2 heterocycles. The molecule has 3 heteroatoms. The Labute approximate surface area is 104 Å². The van der Waals surface area contributed by atoms with Crippen molar-refractivity contribution in [1.29, 1.82) is 0 Å². The molecule has 17 heavy (non-hydrogen) atoms. The molecule has 0 aliphatic carbocycles. The van der Waals surface area contributed by atoms with Crippen molar-refractivity contribution in [3.05, 3.63) is 24.2 Å². The summed E-state index contributed by atoms with van der Waals surface area (Å²) in [6.07, 6.45) is 4.60. The molecular formula is C14H23NO2. The summed E-state index contributed by atoms with van der Waals surface area (Å²) in [6, 6.07) is 2.31. The standard InChI is InChI=1S/C14H23NO2/c1-13(2)8-11(14(3,4)17-13)12(15-5)10-6-7-16-9-10/h6-7,9,11-12,15H,8H2,1-5H3. The largest absolute Gasteiger partial charge is 0.472 e. The molecule has 1 saturated heterocycles. The van der Waals surface area contributed by atoms with E-state index in [2.05, 4.69) is 33.0 Å². The lowest BCUT2D eigenvalue weighted by Gasteiger charge is -2.32. The normalized spacial score (nSPS) is 28.2. The van der Waals surface area contributed by atoms with E-state index in [-0.39, 0.29) is 17.2 Å². The second kappa shape index (κ2) is 4.14. The van der Waals surface area contributed by atoms with Crippen LogP contribution in [0, 0.1) is 5.92 Å². The van der Waals surface area contributed by atoms with Gasteiger partial charge in [-0.2, -0.15) is 0 Å². The van der Waals surface area contributed by atoms with Gasteiger partial charge in [0.15, 0.2) is 0 Å². The van der Waals surface area contributed by atoms with Crippen LogP contribution < -0.4 is 5.32 Å². The zero-order chi connectivity index (χ0) is 12.7. The summed E-state index contributed by atoms with van der Waals surface area (Å²) < 4.78 is 11.4. The van der Waals surface area contributed by atoms with Crippen LogP contribution >= 0.6 is 0 Å². The summed E-state index contributed by atoms with van der Waals surface area (Å²) in [4.78, 5) is 0. The lowest BCUT2D eigenvalue weighted by atomic mass is 9.79. The maximum atomic E-state index is 6.16. The molecule has 2 atom stereocenters. The van der Waals surface area contributed by atoms with E-state index in [0.717, 1.165) is 6.42 Å². The average molecular weight is 237 g/mol. The Morgan fingerprint density at radius 1 is 1.35 bits per heavy atom. The number of furan rings is 1. The third-order valence-corrected chi connectivity index (χ3v) is 3.76. The summed E-state index contributed by atoms with van der Waals surface area (Å²) in [5.41, 5.74) is 1.04. The Morgan fingerprint density at radius 2 is 2.06 bits per heavy atom. The molecule has 0 aromatic carbocycles. The smallest absolute Gasteiger partial charge is 0.0950 e. The third-order valence-electron chi connectivity index (χ3n) is 3.76. The first-order chi connectivity index (χ1) is 7.86. The molecule has 2 rings (SSSR count). The van der Waals surface area contributed by atoms with Crippen molar-refractivity contribution < 1.29 is 9.15 Å². The van der Waals surface area contributed by atoms with Gasteiger partial charge in [-0.1, -0.05) is 0 Å². The van der Waals surface area contributed by atoms with Gasteiger partial charge >= 0.3 is 0 Å². The van der Waals surface area contributed by atoms with Crippen LogP contribution in [0.5, 0.6) is 0 Å². The first-order valence-electron chi connectivity index (χ1n) is 6.25. The summed E-state index contributed by atoms with van der Waals surface area (Å²) in [5.74, 6) is 0.445. The van der Waals surface area contributed by atoms with Crippen LogP contribution in [0.2, 0.25) is 0 Å². The summed E-state index contributed by atoms with van der Waals surface area (Å²) in [5, 5.41) is 3.40. The second-order valence-corrected chi connectivity index (χ2v) is 6.10. The highest BCUT2D eigenvalue weighted by Crippen LogP contribution is 2.47. The van der Waals surface area contributed by atoms with Gasteiger partial charge in [0, 0.05) is 17.5 Å². The van der Waals surface area contributed by atoms with Crippen LogP contribution in [0.3, 0.4) is 0 Å². The number of rotatable bonds is 3. The van der Waals surface area contributed by atoms with Crippen LogP contribution in [0.1, 0.15) is 45.7 Å². The first-order valence-corrected chi connectivity index (χ1v) is 6.25. The molecule has 1 N–H and O–H groups in total. The van der Waals surface area contributed by atoms with Crippen molar-refractivity contribution in [3.63, 3.8) is 0 Å². The lowest BCUT2D eigenvalue weighted by Crippen LogP contribution is -2.37. The first kappa shape index (κ1) is 12.7. The monoisotopic (exact) mass is 237 g/mol. The quantitative estimate of drug-likeness (QED) is 0.877. The lowest BCUT2D eigenvalue weighted by molar-refractivity contribution is -0.0776. The Balaban J connectivity index is 2.26. The zero-order valence-electron chi connectivity index (χ0n) is 11.4. The fourth-order valence-corrected chi connectivity index (χ4v) is 3.18. The van der Waals surface area contributed by atoms with Crippen molar-refractivity contribution in [2.45, 2.75) is 51.4 Å². The maximum Gasteiger partial charge on any atom is 0.0950 e. The molecule has 2 unspecified atom stereocenters. The molecular weight excluding hydrogens is 214 g/mol. The highest BCUT2D eigenvalue weighted by molar-refractivity contribution is 5.16. The highest BCUT2D eigenvalue weighted by Gasteiger charge is 2.49. The fraction of sp³-hybridized carbons (Fsp3) is 0.714. The summed E-state index contributed by atoms with van der Waals surface area (Å²) in [6.45, 7) is 8.68. The van der Waals surface area contributed by atoms with Gasteiger partial charge in [-0.05, 0) is 47.2 Å². The molecule has 1 aromatic heterocycles. The van der Waals surface area contributed by atoms with Crippen molar-refractivity contribution in [2.24, 2.45) is 5.92 Å². The van der Waals surface area contributed by atoms with Gasteiger partial charge in [0.05, 0.1) is 23.7 Å². The van der Waals surface area contributed by atoms with Crippen LogP contribution in [-0.4, -0.2) is 18.2 Å². The van der Waals surface area contributed by atoms with Crippen LogP contribution in [0.15, 0.2) is 23.0 Å². The topological polar surface area (TPSA) is 34.4 Å². The molecule has 0 amide bonds. The third kappa shape index (κ3) is 2.40. The van der Waals surface area contributed by atoms with Gasteiger partial charge in [-0.3, -0.25) is 0 Å². The summed E-state index contributed by atoms with van der Waals surface area (Å²) >= 11 is 0. The Bertz CT molecular complexity index is 368. The minimum Gasteiger partial charge on any atom is -0.472 e. The number of hydrogen-bond donors (Lipinski definition) is 1. The predicted molar refractivity (Wildman–Crippen MR) is 67.9 cm³/mol. The fourth-order valence-electron chi connectivity index (χ4n) is 3.18. The van der Waals surface area contributed by atoms with E-state index in [4.69, 9.17) is 9.15 Å². The van der Waals surface area contributed by atoms with Gasteiger partial charge in [-0.25, -0.2) is 0 Å². The van der Waals surface area contributed by atoms with E-state index in [1.165, 1.54) is 5.56 Å². The van der Waals surface area contributed by atoms with Crippen LogP contribution in [0.4, 0.5) is 0 Å². The van der Waals surface area contributed by atoms with Gasteiger partial charge in [0.25, 0.3) is 0 Å². The molecule has 0 spiro atoms. The highest BCUT2D eigenvalue weighted by atomic mass is 16.5. The minimum absolute atomic E-state index is 0.0486. The minimum atomic E-state index is -0.117. The Hall–Kier alpha value is -0.800. The molecule has 0 bridgehead atoms. The van der Waals surface area contributed by atoms with Crippen LogP contribution in [-0.2, 0) is 4.74 Å². The molecule has 1 aliphatic heterocycles. The van der Waals surface area contributed by atoms with Crippen molar-refractivity contribution >= 4 is 0 Å². The molecule has 1 aliphatic rings. The number of ether oxygens (including phenoxy) is 1. The average Bonchev–Trinajstić information content (AvgIpc) is 2.74. The van der Waals surface area contributed by atoms with E-state index in [1.807, 2.05) is 19.4 Å². The Morgan fingerprint density at radius 3 is 2.47 bits per heavy atom. The van der Waals surface area contributed by atoms with E-state index in [0.29, 0.717) is 5.92 Å². The number of nitrogens with one attached hydrogen (secondary N) is 1. The molecule has 1 fully saturated rings. The molecule has 96 valence electrons. The van der Waals surface area contributed by atoms with Gasteiger partial charge in [0.1, 0.15) is 0 Å². The van der Waals surface area contributed by atoms with Gasteiger partial charge in [0.2, 0.25) is 0 Å². The summed E-state index contributed by atoms with van der Waals surface area (Å²) in [7, 11) is 2.00. The molecule has 3 nitrogen and oxygen atoms in total. The predicted octanol–water partition coefficient (Wildman–Crippen LogP) is 3.13. The van der Waals surface area contributed by atoms with Crippen molar-refractivity contribution in [1.82, 2.24) is 5.32 Å². The van der Waals surface area contributed by atoms with E-state index in [1.54, 1.807) is 6.26 Å². The van der Waals surface area contributed by atoms with Crippen molar-refractivity contribution in [2.75, 3.05) is 7.05 Å². The van der Waals surface area contributed by atoms with Gasteiger partial charge in [-0.15, -0.1) is 0 Å². The van der Waals surface area contributed by atoms with E-state index >= 15 is 0 Å². The second-order valence-electron chi connectivity index (χ2n) is 6.10. The number of hydrogen-bond acceptors (Lipinski definition) is 3. The molecule has 0 saturated carbocycles. The zero-order valence-corrected chi connectivity index (χ0v) is 11.4. The molecule has 1 aromatic rings.